The molecule has 1 aromatic carbocycles. The molecule has 11 heteroatoms. The zero-order valence-corrected chi connectivity index (χ0v) is 15.3. The molecular formula is C18H20F3N5O3. The lowest BCUT2D eigenvalue weighted by Gasteiger charge is -2.25. The van der Waals surface area contributed by atoms with E-state index in [1.54, 1.807) is 0 Å². The Bertz CT molecular complexity index is 869. The van der Waals surface area contributed by atoms with Crippen LogP contribution in [0.3, 0.4) is 0 Å². The molecule has 3 N–H and O–H groups in total. The van der Waals surface area contributed by atoms with E-state index in [0.717, 1.165) is 37.4 Å². The molecule has 8 nitrogen and oxygen atoms in total. The van der Waals surface area contributed by atoms with Crippen LogP contribution < -0.4 is 10.6 Å². The van der Waals surface area contributed by atoms with Gasteiger partial charge in [0.25, 0.3) is 5.91 Å². The van der Waals surface area contributed by atoms with E-state index in [1.165, 1.54) is 0 Å². The predicted molar refractivity (Wildman–Crippen MR) is 94.9 cm³/mol. The largest absolute Gasteiger partial charge is 0.490 e. The Morgan fingerprint density at radius 1 is 1.17 bits per heavy atom. The molecule has 2 aliphatic rings. The van der Waals surface area contributed by atoms with Gasteiger partial charge in [-0.25, -0.2) is 4.79 Å². The number of carboxylic acids is 1. The minimum absolute atomic E-state index is 0.146. The van der Waals surface area contributed by atoms with E-state index in [4.69, 9.17) is 9.90 Å². The zero-order valence-electron chi connectivity index (χ0n) is 15.3. The number of hydrogen-bond acceptors (Lipinski definition) is 5. The highest BCUT2D eigenvalue weighted by Crippen LogP contribution is 2.28. The van der Waals surface area contributed by atoms with E-state index in [1.807, 2.05) is 34.9 Å². The van der Waals surface area contributed by atoms with Gasteiger partial charge in [-0.15, -0.1) is 10.2 Å². The third kappa shape index (κ3) is 5.11. The summed E-state index contributed by atoms with van der Waals surface area (Å²) in [5.41, 5.74) is 1.08. The monoisotopic (exact) mass is 411 g/mol. The Balaban J connectivity index is 0.000000298. The second kappa shape index (κ2) is 8.60. The van der Waals surface area contributed by atoms with Gasteiger partial charge in [0.1, 0.15) is 5.82 Å². The molecule has 0 radical (unpaired) electrons. The van der Waals surface area contributed by atoms with E-state index < -0.39 is 12.1 Å². The van der Waals surface area contributed by atoms with Crippen LogP contribution in [0.15, 0.2) is 30.3 Å². The minimum Gasteiger partial charge on any atom is -0.475 e. The van der Waals surface area contributed by atoms with Crippen molar-refractivity contribution in [1.82, 2.24) is 25.4 Å². The summed E-state index contributed by atoms with van der Waals surface area (Å²) in [6.45, 7) is 3.42. The number of nitrogens with one attached hydrogen (secondary N) is 2. The summed E-state index contributed by atoms with van der Waals surface area (Å²) < 4.78 is 33.7. The van der Waals surface area contributed by atoms with Crippen molar-refractivity contribution in [3.63, 3.8) is 0 Å². The topological polar surface area (TPSA) is 109 Å². The molecule has 2 unspecified atom stereocenters. The van der Waals surface area contributed by atoms with Crippen molar-refractivity contribution in [1.29, 1.82) is 0 Å². The average Bonchev–Trinajstić information content (AvgIpc) is 3.31. The van der Waals surface area contributed by atoms with Gasteiger partial charge in [0.2, 0.25) is 5.82 Å². The maximum atomic E-state index is 12.4. The maximum Gasteiger partial charge on any atom is 0.490 e. The highest BCUT2D eigenvalue weighted by atomic mass is 19.4. The lowest BCUT2D eigenvalue weighted by atomic mass is 9.89. The lowest BCUT2D eigenvalue weighted by Crippen LogP contribution is -2.32. The summed E-state index contributed by atoms with van der Waals surface area (Å²) >= 11 is 0. The number of carbonyl (C=O) groups excluding carboxylic acids is 1. The van der Waals surface area contributed by atoms with Gasteiger partial charge >= 0.3 is 12.1 Å². The summed E-state index contributed by atoms with van der Waals surface area (Å²) in [4.78, 5) is 21.3. The van der Waals surface area contributed by atoms with Crippen LogP contribution in [0.4, 0.5) is 13.2 Å². The van der Waals surface area contributed by atoms with Crippen molar-refractivity contribution >= 4 is 11.9 Å². The van der Waals surface area contributed by atoms with Crippen molar-refractivity contribution in [3.8, 4) is 0 Å². The molecule has 2 atom stereocenters. The third-order valence-electron chi connectivity index (χ3n) is 4.91. The quantitative estimate of drug-likeness (QED) is 0.701. The predicted octanol–water partition coefficient (Wildman–Crippen LogP) is 1.23. The van der Waals surface area contributed by atoms with Crippen molar-refractivity contribution in [2.75, 3.05) is 13.1 Å². The van der Waals surface area contributed by atoms with Gasteiger partial charge in [-0.3, -0.25) is 4.79 Å². The number of aromatic nitrogens is 3. The molecule has 3 heterocycles. The Labute approximate surface area is 164 Å². The number of nitrogens with zero attached hydrogens (tertiary/aromatic N) is 3. The smallest absolute Gasteiger partial charge is 0.475 e. The molecule has 0 spiro atoms. The fraction of sp³-hybridized carbons (Fsp3) is 0.444. The van der Waals surface area contributed by atoms with Crippen LogP contribution in [-0.2, 0) is 24.3 Å². The van der Waals surface area contributed by atoms with Crippen LogP contribution in [0.2, 0.25) is 0 Å². The van der Waals surface area contributed by atoms with Gasteiger partial charge in [-0.2, -0.15) is 13.2 Å². The van der Waals surface area contributed by atoms with Gasteiger partial charge in [-0.1, -0.05) is 30.3 Å². The molecule has 0 aliphatic carbocycles. The van der Waals surface area contributed by atoms with Crippen molar-refractivity contribution in [3.05, 3.63) is 47.5 Å². The van der Waals surface area contributed by atoms with Crippen LogP contribution >= 0.6 is 0 Å². The molecule has 4 rings (SSSR count). The van der Waals surface area contributed by atoms with Crippen molar-refractivity contribution in [2.45, 2.75) is 25.7 Å². The molecule has 1 aromatic heterocycles. The zero-order chi connectivity index (χ0) is 21.0. The van der Waals surface area contributed by atoms with Crippen LogP contribution in [0, 0.1) is 11.8 Å². The summed E-state index contributed by atoms with van der Waals surface area (Å²) in [6, 6.07) is 9.89. The van der Waals surface area contributed by atoms with Gasteiger partial charge in [0.15, 0.2) is 0 Å². The number of amides is 1. The first-order chi connectivity index (χ1) is 13.8. The molecular weight excluding hydrogens is 391 g/mol. The van der Waals surface area contributed by atoms with Crippen LogP contribution in [0.25, 0.3) is 0 Å². The standard InChI is InChI=1S/C16H19N5O.C2HF3O2/c22-16(18-7-11-4-2-1-3-5-11)15-20-19-14-6-12-8-17-9-13(12)10-21(14)15;3-2(4,5)1(6)7/h1-5,12-13,17H,6-10H2,(H,18,22);(H,6,7). The van der Waals surface area contributed by atoms with Crippen molar-refractivity contribution < 1.29 is 27.9 Å². The number of fused-ring (bicyclic) bond motifs is 2. The van der Waals surface area contributed by atoms with Crippen LogP contribution in [0.5, 0.6) is 0 Å². The molecule has 2 aromatic rings. The van der Waals surface area contributed by atoms with Gasteiger partial charge in [0.05, 0.1) is 0 Å². The summed E-state index contributed by atoms with van der Waals surface area (Å²) in [5.74, 6) is -0.299. The minimum atomic E-state index is -5.08. The molecule has 1 saturated heterocycles. The highest BCUT2D eigenvalue weighted by molar-refractivity contribution is 5.90. The van der Waals surface area contributed by atoms with E-state index in [0.29, 0.717) is 24.2 Å². The number of carbonyl (C=O) groups is 2. The molecule has 1 fully saturated rings. The molecule has 29 heavy (non-hydrogen) atoms. The Morgan fingerprint density at radius 3 is 2.48 bits per heavy atom. The number of rotatable bonds is 3. The molecule has 1 amide bonds. The van der Waals surface area contributed by atoms with E-state index in [-0.39, 0.29) is 5.91 Å². The fourth-order valence-corrected chi connectivity index (χ4v) is 3.41. The maximum absolute atomic E-state index is 12.4. The van der Waals surface area contributed by atoms with Gasteiger partial charge in [-0.05, 0) is 30.5 Å². The van der Waals surface area contributed by atoms with Gasteiger partial charge in [0, 0.05) is 19.5 Å². The number of aliphatic carboxylic acids is 1. The SMILES string of the molecule is O=C(NCc1ccccc1)c1nnc2n1CC1CNCC1C2.O=C(O)C(F)(F)F. The second-order valence-electron chi connectivity index (χ2n) is 6.90. The second-order valence-corrected chi connectivity index (χ2v) is 6.90. The van der Waals surface area contributed by atoms with Gasteiger partial charge < -0.3 is 20.3 Å². The Morgan fingerprint density at radius 2 is 1.83 bits per heavy atom. The van der Waals surface area contributed by atoms with E-state index in [9.17, 15) is 18.0 Å². The first kappa shape index (κ1) is 20.8. The average molecular weight is 411 g/mol. The number of carboxylic acid groups (broad SMARTS) is 1. The Kier molecular flexibility index (Phi) is 6.16. The summed E-state index contributed by atoms with van der Waals surface area (Å²) in [7, 11) is 0. The molecule has 2 aliphatic heterocycles. The summed E-state index contributed by atoms with van der Waals surface area (Å²) in [5, 5.41) is 21.8. The van der Waals surface area contributed by atoms with Crippen molar-refractivity contribution in [2.24, 2.45) is 11.8 Å². The Hall–Kier alpha value is -2.95. The fourth-order valence-electron chi connectivity index (χ4n) is 3.41. The van der Waals surface area contributed by atoms with Crippen LogP contribution in [-0.4, -0.2) is 51.0 Å². The van der Waals surface area contributed by atoms with E-state index >= 15 is 0 Å². The van der Waals surface area contributed by atoms with E-state index in [2.05, 4.69) is 20.8 Å². The lowest BCUT2D eigenvalue weighted by molar-refractivity contribution is -0.192. The number of benzene rings is 1. The number of halogens is 3. The number of hydrogen-bond donors (Lipinski definition) is 3. The molecule has 156 valence electrons. The molecule has 0 bridgehead atoms. The first-order valence-corrected chi connectivity index (χ1v) is 9.00. The van der Waals surface area contributed by atoms with Crippen LogP contribution in [0.1, 0.15) is 22.0 Å². The normalized spacial score (nSPS) is 20.1. The molecule has 0 saturated carbocycles. The highest BCUT2D eigenvalue weighted by Gasteiger charge is 2.38. The first-order valence-electron chi connectivity index (χ1n) is 9.00. The third-order valence-corrected chi connectivity index (χ3v) is 4.91. The summed E-state index contributed by atoms with van der Waals surface area (Å²) in [6.07, 6.45) is -4.17. The number of alkyl halides is 3.